The Bertz CT molecular complexity index is 572. The van der Waals surface area contributed by atoms with Gasteiger partial charge in [-0.3, -0.25) is 0 Å². The first-order chi connectivity index (χ1) is 8.93. The van der Waals surface area contributed by atoms with Gasteiger partial charge in [0.15, 0.2) is 0 Å². The summed E-state index contributed by atoms with van der Waals surface area (Å²) >= 11 is 4.94. The summed E-state index contributed by atoms with van der Waals surface area (Å²) in [6.07, 6.45) is 2.31. The van der Waals surface area contributed by atoms with Crippen molar-refractivity contribution in [1.29, 1.82) is 0 Å². The predicted octanol–water partition coefficient (Wildman–Crippen LogP) is 1.66. The van der Waals surface area contributed by atoms with E-state index in [1.54, 1.807) is 0 Å². The fraction of sp³-hybridized carbons (Fsp3) is 0.417. The number of nitrogens with zero attached hydrogens (tertiary/aromatic N) is 1. The maximum atomic E-state index is 12.9. The van der Waals surface area contributed by atoms with Crippen molar-refractivity contribution in [3.8, 4) is 0 Å². The van der Waals surface area contributed by atoms with E-state index in [0.717, 1.165) is 25.0 Å². The Hall–Kier alpha value is -1.05. The molecule has 1 fully saturated rings. The van der Waals surface area contributed by atoms with E-state index in [4.69, 9.17) is 18.0 Å². The molecule has 7 heteroatoms. The van der Waals surface area contributed by atoms with Gasteiger partial charge in [0, 0.05) is 6.54 Å². The minimum absolute atomic E-state index is 0.0667. The van der Waals surface area contributed by atoms with Gasteiger partial charge < -0.3 is 5.73 Å². The highest BCUT2D eigenvalue weighted by Gasteiger charge is 2.34. The Morgan fingerprint density at radius 1 is 1.32 bits per heavy atom. The largest absolute Gasteiger partial charge is 0.392 e. The van der Waals surface area contributed by atoms with E-state index in [1.165, 1.54) is 16.4 Å². The Kier molecular flexibility index (Phi) is 4.17. The summed E-state index contributed by atoms with van der Waals surface area (Å²) in [6.45, 7) is 0.391. The monoisotopic (exact) mass is 302 g/mol. The van der Waals surface area contributed by atoms with E-state index < -0.39 is 21.9 Å². The van der Waals surface area contributed by atoms with E-state index in [2.05, 4.69) is 0 Å². The van der Waals surface area contributed by atoms with Crippen molar-refractivity contribution in [3.05, 3.63) is 30.1 Å². The summed E-state index contributed by atoms with van der Waals surface area (Å²) in [5.74, 6) is -0.469. The highest BCUT2D eigenvalue weighted by Crippen LogP contribution is 2.25. The van der Waals surface area contributed by atoms with Crippen LogP contribution < -0.4 is 5.73 Å². The Morgan fingerprint density at radius 2 is 1.95 bits per heavy atom. The number of sulfonamides is 1. The summed E-state index contributed by atoms with van der Waals surface area (Å²) in [5.41, 5.74) is 5.62. The zero-order valence-corrected chi connectivity index (χ0v) is 11.9. The van der Waals surface area contributed by atoms with E-state index in [0.29, 0.717) is 13.0 Å². The third-order valence-electron chi connectivity index (χ3n) is 3.20. The first kappa shape index (κ1) is 14.4. The van der Waals surface area contributed by atoms with Crippen LogP contribution in [-0.4, -0.2) is 30.3 Å². The number of thiocarbonyl (C=S) groups is 1. The van der Waals surface area contributed by atoms with Crippen LogP contribution in [0.15, 0.2) is 29.2 Å². The Balaban J connectivity index is 2.37. The summed E-state index contributed by atoms with van der Waals surface area (Å²) in [6, 6.07) is 4.34. The molecule has 0 amide bonds. The first-order valence-corrected chi connectivity index (χ1v) is 7.84. The molecule has 0 spiro atoms. The Labute approximate surface area is 117 Å². The molecule has 104 valence electrons. The molecule has 1 aromatic carbocycles. The molecule has 1 aromatic rings. The van der Waals surface area contributed by atoms with Crippen molar-refractivity contribution in [1.82, 2.24) is 4.31 Å². The van der Waals surface area contributed by atoms with Crippen LogP contribution in [-0.2, 0) is 10.0 Å². The van der Waals surface area contributed by atoms with Gasteiger partial charge in [-0.15, -0.1) is 0 Å². The second kappa shape index (κ2) is 5.52. The quantitative estimate of drug-likeness (QED) is 0.863. The predicted molar refractivity (Wildman–Crippen MR) is 74.7 cm³/mol. The van der Waals surface area contributed by atoms with E-state index >= 15 is 0 Å². The minimum atomic E-state index is -3.67. The lowest BCUT2D eigenvalue weighted by Crippen LogP contribution is -2.49. The lowest BCUT2D eigenvalue weighted by atomic mass is 10.1. The lowest BCUT2D eigenvalue weighted by molar-refractivity contribution is 0.306. The van der Waals surface area contributed by atoms with Crippen molar-refractivity contribution in [2.24, 2.45) is 5.73 Å². The molecule has 0 saturated carbocycles. The van der Waals surface area contributed by atoms with Gasteiger partial charge in [0.1, 0.15) is 5.82 Å². The van der Waals surface area contributed by atoms with E-state index in [-0.39, 0.29) is 9.88 Å². The van der Waals surface area contributed by atoms with Crippen LogP contribution in [0.1, 0.15) is 19.3 Å². The van der Waals surface area contributed by atoms with Crippen LogP contribution in [0.25, 0.3) is 0 Å². The molecule has 4 nitrogen and oxygen atoms in total. The van der Waals surface area contributed by atoms with Crippen LogP contribution in [0.4, 0.5) is 4.39 Å². The minimum Gasteiger partial charge on any atom is -0.392 e. The van der Waals surface area contributed by atoms with Gasteiger partial charge >= 0.3 is 0 Å². The highest BCUT2D eigenvalue weighted by atomic mass is 32.2. The number of rotatable bonds is 3. The Morgan fingerprint density at radius 3 is 2.53 bits per heavy atom. The van der Waals surface area contributed by atoms with Gasteiger partial charge in [-0.2, -0.15) is 4.31 Å². The molecular formula is C12H15FN2O2S2. The number of piperidine rings is 1. The molecule has 2 N–H and O–H groups in total. The lowest BCUT2D eigenvalue weighted by Gasteiger charge is -2.33. The average Bonchev–Trinajstić information content (AvgIpc) is 2.39. The molecule has 1 unspecified atom stereocenters. The molecule has 1 aliphatic rings. The van der Waals surface area contributed by atoms with Crippen LogP contribution in [0, 0.1) is 5.82 Å². The normalized spacial score (nSPS) is 21.2. The number of hydrogen-bond acceptors (Lipinski definition) is 3. The smallest absolute Gasteiger partial charge is 0.243 e. The molecule has 0 bridgehead atoms. The first-order valence-electron chi connectivity index (χ1n) is 5.99. The van der Waals surface area contributed by atoms with Gasteiger partial charge in [-0.25, -0.2) is 12.8 Å². The summed E-state index contributed by atoms with van der Waals surface area (Å²) in [7, 11) is -3.67. The molecular weight excluding hydrogens is 287 g/mol. The fourth-order valence-electron chi connectivity index (χ4n) is 2.22. The SMILES string of the molecule is NC(=S)C1CCCCN1S(=O)(=O)c1ccc(F)cc1. The van der Waals surface area contributed by atoms with Crippen molar-refractivity contribution in [2.45, 2.75) is 30.2 Å². The molecule has 1 saturated heterocycles. The molecule has 2 rings (SSSR count). The third-order valence-corrected chi connectivity index (χ3v) is 5.40. The van der Waals surface area contributed by atoms with Crippen LogP contribution in [0.5, 0.6) is 0 Å². The molecule has 0 aliphatic carbocycles. The third kappa shape index (κ3) is 2.93. The summed E-state index contributed by atoms with van der Waals surface area (Å²) < 4.78 is 39.2. The van der Waals surface area contributed by atoms with Gasteiger partial charge in [0.05, 0.1) is 15.9 Å². The fourth-order valence-corrected chi connectivity index (χ4v) is 4.21. The maximum absolute atomic E-state index is 12.9. The van der Waals surface area contributed by atoms with Gasteiger partial charge in [0.25, 0.3) is 0 Å². The zero-order valence-electron chi connectivity index (χ0n) is 10.3. The van der Waals surface area contributed by atoms with Gasteiger partial charge in [0.2, 0.25) is 10.0 Å². The number of benzene rings is 1. The second-order valence-corrected chi connectivity index (χ2v) is 6.85. The molecule has 1 atom stereocenters. The zero-order chi connectivity index (χ0) is 14.0. The summed E-state index contributed by atoms with van der Waals surface area (Å²) in [4.78, 5) is 0.252. The maximum Gasteiger partial charge on any atom is 0.243 e. The molecule has 1 aliphatic heterocycles. The van der Waals surface area contributed by atoms with Gasteiger partial charge in [-0.05, 0) is 37.1 Å². The van der Waals surface area contributed by atoms with Crippen molar-refractivity contribution < 1.29 is 12.8 Å². The molecule has 0 aromatic heterocycles. The number of nitrogens with two attached hydrogens (primary N) is 1. The second-order valence-electron chi connectivity index (χ2n) is 4.48. The average molecular weight is 302 g/mol. The standard InChI is InChI=1S/C12H15FN2O2S2/c13-9-4-6-10(7-5-9)19(16,17)15-8-2-1-3-11(15)12(14)18/h4-7,11H,1-3,8H2,(H2,14,18). The topological polar surface area (TPSA) is 63.4 Å². The van der Waals surface area contributed by atoms with Gasteiger partial charge in [-0.1, -0.05) is 18.6 Å². The van der Waals surface area contributed by atoms with Crippen molar-refractivity contribution >= 4 is 27.2 Å². The number of halogens is 1. The molecule has 0 radical (unpaired) electrons. The van der Waals surface area contributed by atoms with E-state index in [1.807, 2.05) is 0 Å². The summed E-state index contributed by atoms with van der Waals surface area (Å²) in [5, 5.41) is 0. The molecule has 1 heterocycles. The van der Waals surface area contributed by atoms with Crippen molar-refractivity contribution in [3.63, 3.8) is 0 Å². The number of hydrogen-bond donors (Lipinski definition) is 1. The van der Waals surface area contributed by atoms with Crippen molar-refractivity contribution in [2.75, 3.05) is 6.54 Å². The van der Waals surface area contributed by atoms with Crippen LogP contribution in [0.2, 0.25) is 0 Å². The molecule has 19 heavy (non-hydrogen) atoms. The van der Waals surface area contributed by atoms with E-state index in [9.17, 15) is 12.8 Å². The van der Waals surface area contributed by atoms with Crippen LogP contribution >= 0.6 is 12.2 Å². The van der Waals surface area contributed by atoms with Crippen LogP contribution in [0.3, 0.4) is 0 Å². The highest BCUT2D eigenvalue weighted by molar-refractivity contribution is 7.89.